The Morgan fingerprint density at radius 3 is 2.88 bits per heavy atom. The Morgan fingerprint density at radius 2 is 2.38 bits per heavy atom. The zero-order valence-corrected chi connectivity index (χ0v) is 10.0. The Labute approximate surface area is 95.4 Å². The molecule has 0 unspecified atom stereocenters. The molecule has 1 aromatic heterocycles. The van der Waals surface area contributed by atoms with Gasteiger partial charge in [-0.1, -0.05) is 6.92 Å². The summed E-state index contributed by atoms with van der Waals surface area (Å²) < 4.78 is 1.53. The minimum absolute atomic E-state index is 0.220. The van der Waals surface area contributed by atoms with Crippen LogP contribution in [0.4, 0.5) is 5.69 Å². The van der Waals surface area contributed by atoms with Crippen LogP contribution in [0.2, 0.25) is 0 Å². The number of anilines is 1. The van der Waals surface area contributed by atoms with E-state index in [1.807, 2.05) is 7.05 Å². The van der Waals surface area contributed by atoms with Crippen LogP contribution in [0, 0.1) is 0 Å². The summed E-state index contributed by atoms with van der Waals surface area (Å²) in [5, 5.41) is 6.78. The molecule has 1 amide bonds. The third-order valence-corrected chi connectivity index (χ3v) is 2.39. The zero-order chi connectivity index (χ0) is 12.1. The monoisotopic (exact) mass is 225 g/mol. The average Bonchev–Trinajstić information content (AvgIpc) is 2.57. The van der Waals surface area contributed by atoms with Crippen molar-refractivity contribution in [2.75, 3.05) is 32.4 Å². The number of aromatic nitrogens is 2. The maximum absolute atomic E-state index is 11.7. The lowest BCUT2D eigenvalue weighted by Crippen LogP contribution is -2.33. The van der Waals surface area contributed by atoms with Gasteiger partial charge in [0.2, 0.25) is 0 Å². The number of nitrogens with one attached hydrogen (secondary N) is 1. The smallest absolute Gasteiger partial charge is 0.273 e. The second-order valence-corrected chi connectivity index (χ2v) is 3.76. The minimum Gasteiger partial charge on any atom is -0.396 e. The largest absolute Gasteiger partial charge is 0.396 e. The number of aryl methyl sites for hydroxylation is 1. The highest BCUT2D eigenvalue weighted by molar-refractivity contribution is 5.96. The van der Waals surface area contributed by atoms with E-state index in [0.717, 1.165) is 13.1 Å². The van der Waals surface area contributed by atoms with Gasteiger partial charge in [-0.3, -0.25) is 9.48 Å². The molecule has 0 saturated carbocycles. The highest BCUT2D eigenvalue weighted by atomic mass is 16.2. The zero-order valence-electron chi connectivity index (χ0n) is 10.0. The molecule has 1 rings (SSSR count). The van der Waals surface area contributed by atoms with Crippen LogP contribution in [0.25, 0.3) is 0 Å². The highest BCUT2D eigenvalue weighted by Gasteiger charge is 2.13. The summed E-state index contributed by atoms with van der Waals surface area (Å²) in [6.07, 6.45) is 1.62. The summed E-state index contributed by atoms with van der Waals surface area (Å²) >= 11 is 0. The number of amides is 1. The summed E-state index contributed by atoms with van der Waals surface area (Å²) in [5.41, 5.74) is 6.34. The van der Waals surface area contributed by atoms with E-state index in [-0.39, 0.29) is 5.91 Å². The van der Waals surface area contributed by atoms with Gasteiger partial charge in [0.25, 0.3) is 5.91 Å². The first kappa shape index (κ1) is 12.5. The van der Waals surface area contributed by atoms with E-state index < -0.39 is 0 Å². The fraction of sp³-hybridized carbons (Fsp3) is 0.600. The van der Waals surface area contributed by atoms with E-state index in [0.29, 0.717) is 17.9 Å². The number of carbonyl (C=O) groups excluding carboxylic acids is 1. The normalized spacial score (nSPS) is 10.8. The van der Waals surface area contributed by atoms with E-state index >= 15 is 0 Å². The van der Waals surface area contributed by atoms with Crippen LogP contribution >= 0.6 is 0 Å². The van der Waals surface area contributed by atoms with Gasteiger partial charge in [-0.15, -0.1) is 0 Å². The second kappa shape index (κ2) is 5.50. The Balaban J connectivity index is 2.44. The Morgan fingerprint density at radius 1 is 1.69 bits per heavy atom. The standard InChI is InChI=1S/C10H19N5O/c1-4-14(2)6-5-12-10(16)9-8(11)7-15(3)13-9/h7H,4-6,11H2,1-3H3,(H,12,16). The third kappa shape index (κ3) is 3.23. The van der Waals surface area contributed by atoms with E-state index in [2.05, 4.69) is 22.2 Å². The van der Waals surface area contributed by atoms with Gasteiger partial charge in [0.05, 0.1) is 5.69 Å². The van der Waals surface area contributed by atoms with E-state index in [4.69, 9.17) is 5.73 Å². The van der Waals surface area contributed by atoms with Gasteiger partial charge < -0.3 is 16.0 Å². The molecular weight excluding hydrogens is 206 g/mol. The van der Waals surface area contributed by atoms with E-state index in [9.17, 15) is 4.79 Å². The molecule has 0 radical (unpaired) electrons. The van der Waals surface area contributed by atoms with E-state index in [1.165, 1.54) is 4.68 Å². The predicted octanol–water partition coefficient (Wildman–Crippen LogP) is -0.316. The van der Waals surface area contributed by atoms with Gasteiger partial charge in [0.1, 0.15) is 0 Å². The number of hydrogen-bond acceptors (Lipinski definition) is 4. The van der Waals surface area contributed by atoms with Crippen LogP contribution < -0.4 is 11.1 Å². The number of likely N-dealkylation sites (N-methyl/N-ethyl adjacent to an activating group) is 1. The Kier molecular flexibility index (Phi) is 4.30. The number of nitrogen functional groups attached to an aromatic ring is 1. The van der Waals surface area contributed by atoms with Gasteiger partial charge in [-0.2, -0.15) is 5.10 Å². The Hall–Kier alpha value is -1.56. The molecule has 6 heteroatoms. The van der Waals surface area contributed by atoms with Crippen molar-refractivity contribution in [2.24, 2.45) is 7.05 Å². The van der Waals surface area contributed by atoms with Gasteiger partial charge in [0.15, 0.2) is 5.69 Å². The van der Waals surface area contributed by atoms with Gasteiger partial charge in [0, 0.05) is 26.3 Å². The topological polar surface area (TPSA) is 76.2 Å². The van der Waals surface area contributed by atoms with Crippen molar-refractivity contribution in [3.05, 3.63) is 11.9 Å². The van der Waals surface area contributed by atoms with Crippen molar-refractivity contribution in [1.29, 1.82) is 0 Å². The number of carbonyl (C=O) groups is 1. The summed E-state index contributed by atoms with van der Waals surface area (Å²) in [5.74, 6) is -0.220. The molecule has 90 valence electrons. The van der Waals surface area contributed by atoms with Crippen molar-refractivity contribution in [2.45, 2.75) is 6.92 Å². The lowest BCUT2D eigenvalue weighted by Gasteiger charge is -2.13. The molecule has 0 saturated heterocycles. The molecule has 0 atom stereocenters. The quantitative estimate of drug-likeness (QED) is 0.720. The number of nitrogens with two attached hydrogens (primary N) is 1. The fourth-order valence-electron chi connectivity index (χ4n) is 1.29. The maximum Gasteiger partial charge on any atom is 0.273 e. The molecule has 0 fully saturated rings. The molecule has 1 aromatic rings. The highest BCUT2D eigenvalue weighted by Crippen LogP contribution is 2.06. The molecular formula is C10H19N5O. The van der Waals surface area contributed by atoms with E-state index in [1.54, 1.807) is 13.2 Å². The summed E-state index contributed by atoms with van der Waals surface area (Å²) in [4.78, 5) is 13.8. The molecule has 0 aliphatic rings. The van der Waals surface area contributed by atoms with Crippen LogP contribution in [0.3, 0.4) is 0 Å². The molecule has 0 bridgehead atoms. The number of hydrogen-bond donors (Lipinski definition) is 2. The van der Waals surface area contributed by atoms with Gasteiger partial charge in [-0.05, 0) is 13.6 Å². The second-order valence-electron chi connectivity index (χ2n) is 3.76. The predicted molar refractivity (Wildman–Crippen MR) is 63.1 cm³/mol. The number of rotatable bonds is 5. The first-order valence-corrected chi connectivity index (χ1v) is 5.30. The fourth-order valence-corrected chi connectivity index (χ4v) is 1.29. The van der Waals surface area contributed by atoms with Crippen molar-refractivity contribution in [3.8, 4) is 0 Å². The lowest BCUT2D eigenvalue weighted by atomic mass is 10.3. The third-order valence-electron chi connectivity index (χ3n) is 2.39. The average molecular weight is 225 g/mol. The molecule has 16 heavy (non-hydrogen) atoms. The Bertz CT molecular complexity index is 360. The molecule has 0 aromatic carbocycles. The van der Waals surface area contributed by atoms with Crippen LogP contribution in [-0.4, -0.2) is 47.3 Å². The maximum atomic E-state index is 11.7. The van der Waals surface area contributed by atoms with Crippen LogP contribution in [-0.2, 0) is 7.05 Å². The summed E-state index contributed by atoms with van der Waals surface area (Å²) in [6.45, 7) is 4.44. The first-order chi connectivity index (χ1) is 7.54. The number of nitrogens with zero attached hydrogens (tertiary/aromatic N) is 3. The molecule has 0 spiro atoms. The minimum atomic E-state index is -0.220. The molecule has 3 N–H and O–H groups in total. The van der Waals surface area contributed by atoms with Crippen molar-refractivity contribution < 1.29 is 4.79 Å². The molecule has 1 heterocycles. The molecule has 0 aliphatic carbocycles. The van der Waals surface area contributed by atoms with Crippen LogP contribution in [0.1, 0.15) is 17.4 Å². The van der Waals surface area contributed by atoms with Gasteiger partial charge >= 0.3 is 0 Å². The van der Waals surface area contributed by atoms with Crippen molar-refractivity contribution in [3.63, 3.8) is 0 Å². The van der Waals surface area contributed by atoms with Crippen LogP contribution in [0.15, 0.2) is 6.20 Å². The summed E-state index contributed by atoms with van der Waals surface area (Å²) in [6, 6.07) is 0. The van der Waals surface area contributed by atoms with Crippen molar-refractivity contribution in [1.82, 2.24) is 20.0 Å². The van der Waals surface area contributed by atoms with Crippen molar-refractivity contribution >= 4 is 11.6 Å². The molecule has 0 aliphatic heterocycles. The SMILES string of the molecule is CCN(C)CCNC(=O)c1nn(C)cc1N. The van der Waals surface area contributed by atoms with Gasteiger partial charge in [-0.25, -0.2) is 0 Å². The van der Waals surface area contributed by atoms with Crippen LogP contribution in [0.5, 0.6) is 0 Å². The lowest BCUT2D eigenvalue weighted by molar-refractivity contribution is 0.0945. The first-order valence-electron chi connectivity index (χ1n) is 5.30. The summed E-state index contributed by atoms with van der Waals surface area (Å²) in [7, 11) is 3.74. The molecule has 6 nitrogen and oxygen atoms in total.